The maximum absolute atomic E-state index is 12.3. The van der Waals surface area contributed by atoms with Crippen LogP contribution in [0, 0.1) is 0 Å². The van der Waals surface area contributed by atoms with Crippen LogP contribution in [0.5, 0.6) is 5.75 Å². The lowest BCUT2D eigenvalue weighted by molar-refractivity contribution is -0.122. The minimum atomic E-state index is -0.630. The first kappa shape index (κ1) is 19.5. The Bertz CT molecular complexity index is 724. The molecule has 0 heterocycles. The lowest BCUT2D eigenvalue weighted by atomic mass is 10.2. The van der Waals surface area contributed by atoms with E-state index in [0.29, 0.717) is 23.5 Å². The number of ether oxygens (including phenoxy) is 1. The molecular weight excluding hydrogens is 328 g/mol. The van der Waals surface area contributed by atoms with Crippen molar-refractivity contribution in [2.75, 3.05) is 11.9 Å². The van der Waals surface area contributed by atoms with Crippen molar-refractivity contribution in [3.8, 4) is 5.75 Å². The minimum absolute atomic E-state index is 0.114. The van der Waals surface area contributed by atoms with Gasteiger partial charge in [-0.05, 0) is 61.7 Å². The van der Waals surface area contributed by atoms with E-state index < -0.39 is 6.10 Å². The van der Waals surface area contributed by atoms with E-state index in [1.807, 2.05) is 31.2 Å². The minimum Gasteiger partial charge on any atom is -0.481 e. The van der Waals surface area contributed by atoms with Gasteiger partial charge in [0, 0.05) is 17.8 Å². The van der Waals surface area contributed by atoms with Crippen molar-refractivity contribution in [3.63, 3.8) is 0 Å². The molecule has 1 atom stereocenters. The Morgan fingerprint density at radius 2 is 1.65 bits per heavy atom. The second kappa shape index (κ2) is 9.61. The van der Waals surface area contributed by atoms with Crippen LogP contribution in [0.3, 0.4) is 0 Å². The van der Waals surface area contributed by atoms with E-state index in [0.717, 1.165) is 12.8 Å². The van der Waals surface area contributed by atoms with Crippen LogP contribution in [-0.2, 0) is 11.2 Å². The van der Waals surface area contributed by atoms with Gasteiger partial charge in [0.1, 0.15) is 5.75 Å². The van der Waals surface area contributed by atoms with E-state index in [9.17, 15) is 9.59 Å². The highest BCUT2D eigenvalue weighted by molar-refractivity contribution is 5.96. The second-order valence-corrected chi connectivity index (χ2v) is 6.08. The molecule has 138 valence electrons. The van der Waals surface area contributed by atoms with Crippen molar-refractivity contribution in [3.05, 3.63) is 59.7 Å². The predicted molar refractivity (Wildman–Crippen MR) is 104 cm³/mol. The van der Waals surface area contributed by atoms with Crippen LogP contribution in [0.1, 0.15) is 43.1 Å². The number of benzene rings is 2. The summed E-state index contributed by atoms with van der Waals surface area (Å²) in [5.74, 6) is 0.303. The largest absolute Gasteiger partial charge is 0.481 e. The number of carbonyl (C=O) groups excluding carboxylic acids is 2. The van der Waals surface area contributed by atoms with Crippen LogP contribution >= 0.6 is 0 Å². The van der Waals surface area contributed by atoms with Gasteiger partial charge in [0.2, 0.25) is 0 Å². The monoisotopic (exact) mass is 354 g/mol. The summed E-state index contributed by atoms with van der Waals surface area (Å²) in [5, 5.41) is 5.61. The van der Waals surface area contributed by atoms with E-state index in [4.69, 9.17) is 4.74 Å². The first-order valence-electron chi connectivity index (χ1n) is 8.98. The standard InChI is InChI=1S/C21H26N2O3/c1-4-14-22-21(25)17-8-10-18(11-9-17)23-20(24)15(3)26-19-12-6-16(5-2)7-13-19/h6-13,15H,4-5,14H2,1-3H3,(H,22,25)(H,23,24). The molecule has 0 aliphatic rings. The first-order valence-corrected chi connectivity index (χ1v) is 8.98. The molecule has 26 heavy (non-hydrogen) atoms. The number of nitrogens with one attached hydrogen (secondary N) is 2. The van der Waals surface area contributed by atoms with Crippen LogP contribution in [0.4, 0.5) is 5.69 Å². The third kappa shape index (κ3) is 5.62. The number of amides is 2. The molecule has 0 spiro atoms. The van der Waals surface area contributed by atoms with Gasteiger partial charge in [-0.2, -0.15) is 0 Å². The summed E-state index contributed by atoms with van der Waals surface area (Å²) in [6, 6.07) is 14.5. The Morgan fingerprint density at radius 1 is 1.00 bits per heavy atom. The van der Waals surface area contributed by atoms with Crippen molar-refractivity contribution in [2.45, 2.75) is 39.7 Å². The van der Waals surface area contributed by atoms with Crippen LogP contribution in [-0.4, -0.2) is 24.5 Å². The average molecular weight is 354 g/mol. The van der Waals surface area contributed by atoms with Gasteiger partial charge in [-0.3, -0.25) is 9.59 Å². The molecule has 2 aromatic carbocycles. The molecule has 0 aromatic heterocycles. The SMILES string of the molecule is CCCNC(=O)c1ccc(NC(=O)C(C)Oc2ccc(CC)cc2)cc1. The van der Waals surface area contributed by atoms with Gasteiger partial charge >= 0.3 is 0 Å². The summed E-state index contributed by atoms with van der Waals surface area (Å²) in [4.78, 5) is 24.2. The zero-order chi connectivity index (χ0) is 18.9. The normalized spacial score (nSPS) is 11.5. The smallest absolute Gasteiger partial charge is 0.265 e. The molecule has 5 nitrogen and oxygen atoms in total. The molecular formula is C21H26N2O3. The molecule has 0 fully saturated rings. The highest BCUT2D eigenvalue weighted by Crippen LogP contribution is 2.16. The molecule has 0 saturated heterocycles. The Balaban J connectivity index is 1.90. The zero-order valence-electron chi connectivity index (χ0n) is 15.5. The van der Waals surface area contributed by atoms with Crippen LogP contribution < -0.4 is 15.4 Å². The fraction of sp³-hybridized carbons (Fsp3) is 0.333. The summed E-state index contributed by atoms with van der Waals surface area (Å²) in [6.07, 6.45) is 1.22. The van der Waals surface area contributed by atoms with Gasteiger partial charge in [0.05, 0.1) is 0 Å². The second-order valence-electron chi connectivity index (χ2n) is 6.08. The van der Waals surface area contributed by atoms with Gasteiger partial charge in [-0.25, -0.2) is 0 Å². The Kier molecular flexibility index (Phi) is 7.21. The average Bonchev–Trinajstić information content (AvgIpc) is 2.67. The lowest BCUT2D eigenvalue weighted by Gasteiger charge is -2.15. The van der Waals surface area contributed by atoms with Crippen molar-refractivity contribution in [1.29, 1.82) is 0 Å². The Morgan fingerprint density at radius 3 is 2.23 bits per heavy atom. The molecule has 5 heteroatoms. The van der Waals surface area contributed by atoms with Gasteiger partial charge in [0.15, 0.2) is 6.10 Å². The van der Waals surface area contributed by atoms with E-state index in [1.54, 1.807) is 31.2 Å². The number of anilines is 1. The molecule has 1 unspecified atom stereocenters. The molecule has 0 aliphatic heterocycles. The van der Waals surface area contributed by atoms with Gasteiger partial charge < -0.3 is 15.4 Å². The van der Waals surface area contributed by atoms with Crippen molar-refractivity contribution in [1.82, 2.24) is 5.32 Å². The molecule has 2 amide bonds. The number of carbonyl (C=O) groups is 2. The molecule has 2 N–H and O–H groups in total. The third-order valence-electron chi connectivity index (χ3n) is 3.96. The van der Waals surface area contributed by atoms with Gasteiger partial charge in [0.25, 0.3) is 11.8 Å². The van der Waals surface area contributed by atoms with Gasteiger partial charge in [-0.15, -0.1) is 0 Å². The summed E-state index contributed by atoms with van der Waals surface area (Å²) >= 11 is 0. The lowest BCUT2D eigenvalue weighted by Crippen LogP contribution is -2.30. The molecule has 2 aromatic rings. The van der Waals surface area contributed by atoms with Gasteiger partial charge in [-0.1, -0.05) is 26.0 Å². The number of hydrogen-bond acceptors (Lipinski definition) is 3. The molecule has 0 bridgehead atoms. The molecule has 2 rings (SSSR count). The van der Waals surface area contributed by atoms with Crippen molar-refractivity contribution in [2.24, 2.45) is 0 Å². The van der Waals surface area contributed by atoms with E-state index >= 15 is 0 Å². The van der Waals surface area contributed by atoms with Crippen LogP contribution in [0.15, 0.2) is 48.5 Å². The van der Waals surface area contributed by atoms with E-state index in [-0.39, 0.29) is 11.8 Å². The maximum Gasteiger partial charge on any atom is 0.265 e. The number of rotatable bonds is 8. The highest BCUT2D eigenvalue weighted by atomic mass is 16.5. The Hall–Kier alpha value is -2.82. The van der Waals surface area contributed by atoms with Crippen LogP contribution in [0.2, 0.25) is 0 Å². The topological polar surface area (TPSA) is 67.4 Å². The number of hydrogen-bond donors (Lipinski definition) is 2. The summed E-state index contributed by atoms with van der Waals surface area (Å²) < 4.78 is 5.68. The number of aryl methyl sites for hydroxylation is 1. The Labute approximate surface area is 154 Å². The van der Waals surface area contributed by atoms with E-state index in [2.05, 4.69) is 17.6 Å². The summed E-state index contributed by atoms with van der Waals surface area (Å²) in [7, 11) is 0. The molecule has 0 aliphatic carbocycles. The fourth-order valence-electron chi connectivity index (χ4n) is 2.35. The first-order chi connectivity index (χ1) is 12.5. The molecule has 0 radical (unpaired) electrons. The predicted octanol–water partition coefficient (Wildman–Crippen LogP) is 3.79. The third-order valence-corrected chi connectivity index (χ3v) is 3.96. The maximum atomic E-state index is 12.3. The quantitative estimate of drug-likeness (QED) is 0.758. The fourth-order valence-corrected chi connectivity index (χ4v) is 2.35. The van der Waals surface area contributed by atoms with Crippen LogP contribution in [0.25, 0.3) is 0 Å². The summed E-state index contributed by atoms with van der Waals surface area (Å²) in [5.41, 5.74) is 2.41. The summed E-state index contributed by atoms with van der Waals surface area (Å²) in [6.45, 7) is 6.44. The molecule has 0 saturated carbocycles. The van der Waals surface area contributed by atoms with Crippen molar-refractivity contribution < 1.29 is 14.3 Å². The van der Waals surface area contributed by atoms with Crippen molar-refractivity contribution >= 4 is 17.5 Å². The van der Waals surface area contributed by atoms with E-state index in [1.165, 1.54) is 5.56 Å². The highest BCUT2D eigenvalue weighted by Gasteiger charge is 2.15. The zero-order valence-corrected chi connectivity index (χ0v) is 15.5.